The first-order valence-corrected chi connectivity index (χ1v) is 5.46. The van der Waals surface area contributed by atoms with Crippen LogP contribution in [0.5, 0.6) is 0 Å². The molecule has 0 aliphatic carbocycles. The molecule has 0 saturated carbocycles. The fourth-order valence-electron chi connectivity index (χ4n) is 1.32. The zero-order chi connectivity index (χ0) is 11.7. The van der Waals surface area contributed by atoms with E-state index in [4.69, 9.17) is 16.9 Å². The molecule has 0 N–H and O–H groups in total. The maximum Gasteiger partial charge on any atom is 0.136 e. The van der Waals surface area contributed by atoms with E-state index in [-0.39, 0.29) is 11.1 Å². The number of hydrogen-bond donors (Lipinski definition) is 0. The van der Waals surface area contributed by atoms with E-state index >= 15 is 0 Å². The van der Waals surface area contributed by atoms with Crippen LogP contribution in [0.3, 0.4) is 0 Å². The fourth-order valence-corrected chi connectivity index (χ4v) is 2.41. The highest BCUT2D eigenvalue weighted by atomic mass is 35.5. The van der Waals surface area contributed by atoms with Gasteiger partial charge in [-0.3, -0.25) is 0 Å². The molecule has 0 aliphatic rings. The zero-order valence-electron chi connectivity index (χ0n) is 7.80. The van der Waals surface area contributed by atoms with Gasteiger partial charge in [0.2, 0.25) is 0 Å². The summed E-state index contributed by atoms with van der Waals surface area (Å²) in [5, 5.41) is 8.55. The Morgan fingerprint density at radius 1 is 1.19 bits per heavy atom. The highest BCUT2D eigenvalue weighted by Crippen LogP contribution is 2.34. The second-order valence-electron chi connectivity index (χ2n) is 3.03. The Bertz CT molecular complexity index is 563. The Labute approximate surface area is 99.5 Å². The highest BCUT2D eigenvalue weighted by Gasteiger charge is 2.14. The Morgan fingerprint density at radius 2 is 1.81 bits per heavy atom. The largest absolute Gasteiger partial charge is 0.206 e. The molecular weight excluding hydrogens is 252 g/mol. The van der Waals surface area contributed by atoms with Crippen molar-refractivity contribution in [3.63, 3.8) is 0 Å². The molecule has 0 bridgehead atoms. The van der Waals surface area contributed by atoms with Crippen LogP contribution in [0.4, 0.5) is 8.78 Å². The van der Waals surface area contributed by atoms with Gasteiger partial charge in [-0.05, 0) is 24.3 Å². The molecule has 0 aliphatic heterocycles. The zero-order valence-corrected chi connectivity index (χ0v) is 9.37. The summed E-state index contributed by atoms with van der Waals surface area (Å²) in [6.07, 6.45) is 0. The van der Waals surface area contributed by atoms with Crippen LogP contribution in [0, 0.1) is 23.0 Å². The molecule has 1 aromatic heterocycles. The molecule has 0 radical (unpaired) electrons. The lowest BCUT2D eigenvalue weighted by atomic mass is 10.1. The van der Waals surface area contributed by atoms with Crippen molar-refractivity contribution in [1.29, 1.82) is 5.26 Å². The van der Waals surface area contributed by atoms with Gasteiger partial charge >= 0.3 is 0 Å². The number of nitrogens with zero attached hydrogens (tertiary/aromatic N) is 1. The van der Waals surface area contributed by atoms with Crippen molar-refractivity contribution < 1.29 is 8.78 Å². The van der Waals surface area contributed by atoms with Crippen molar-refractivity contribution in [2.45, 2.75) is 0 Å². The summed E-state index contributed by atoms with van der Waals surface area (Å²) in [6, 6.07) is 6.81. The summed E-state index contributed by atoms with van der Waals surface area (Å²) >= 11 is 6.78. The van der Waals surface area contributed by atoms with E-state index in [0.29, 0.717) is 9.21 Å². The SMILES string of the molecule is N#Cc1cc(F)c(-c2ccc(Cl)s2)c(F)c1. The Kier molecular flexibility index (Phi) is 2.90. The molecule has 0 atom stereocenters. The van der Waals surface area contributed by atoms with Gasteiger partial charge in [-0.2, -0.15) is 5.26 Å². The van der Waals surface area contributed by atoms with Gasteiger partial charge in [-0.15, -0.1) is 11.3 Å². The molecule has 0 fully saturated rings. The molecule has 0 amide bonds. The first-order chi connectivity index (χ1) is 7.61. The van der Waals surface area contributed by atoms with Gasteiger partial charge in [0.1, 0.15) is 11.6 Å². The number of rotatable bonds is 1. The van der Waals surface area contributed by atoms with Gasteiger partial charge in [0.05, 0.1) is 21.5 Å². The molecule has 0 saturated heterocycles. The molecular formula is C11H4ClF2NS. The molecule has 1 nitrogen and oxygen atoms in total. The summed E-state index contributed by atoms with van der Waals surface area (Å²) in [5.41, 5.74) is -0.183. The first-order valence-electron chi connectivity index (χ1n) is 4.26. The van der Waals surface area contributed by atoms with Gasteiger partial charge in [0, 0.05) is 4.88 Å². The quantitative estimate of drug-likeness (QED) is 0.748. The number of hydrogen-bond acceptors (Lipinski definition) is 2. The van der Waals surface area contributed by atoms with Crippen LogP contribution in [0.1, 0.15) is 5.56 Å². The lowest BCUT2D eigenvalue weighted by Gasteiger charge is -2.02. The van der Waals surface area contributed by atoms with Crippen LogP contribution in [-0.4, -0.2) is 0 Å². The van der Waals surface area contributed by atoms with Crippen LogP contribution < -0.4 is 0 Å². The van der Waals surface area contributed by atoms with Gasteiger partial charge in [0.15, 0.2) is 0 Å². The molecule has 1 heterocycles. The highest BCUT2D eigenvalue weighted by molar-refractivity contribution is 7.19. The first kappa shape index (κ1) is 11.1. The topological polar surface area (TPSA) is 23.8 Å². The van der Waals surface area contributed by atoms with E-state index in [1.807, 2.05) is 0 Å². The third-order valence-electron chi connectivity index (χ3n) is 1.99. The van der Waals surface area contributed by atoms with E-state index in [9.17, 15) is 8.78 Å². The lowest BCUT2D eigenvalue weighted by molar-refractivity contribution is 0.589. The summed E-state index contributed by atoms with van der Waals surface area (Å²) in [5.74, 6) is -1.51. The Morgan fingerprint density at radius 3 is 2.25 bits per heavy atom. The predicted octanol–water partition coefficient (Wildman–Crippen LogP) is 4.22. The Balaban J connectivity index is 2.63. The smallest absolute Gasteiger partial charge is 0.136 e. The second kappa shape index (κ2) is 4.20. The normalized spacial score (nSPS) is 10.1. The molecule has 1 aromatic carbocycles. The predicted molar refractivity (Wildman–Crippen MR) is 59.4 cm³/mol. The third-order valence-corrected chi connectivity index (χ3v) is 3.24. The van der Waals surface area contributed by atoms with Gasteiger partial charge in [0.25, 0.3) is 0 Å². The molecule has 5 heteroatoms. The van der Waals surface area contributed by atoms with Crippen molar-refractivity contribution in [1.82, 2.24) is 0 Å². The number of thiophene rings is 1. The second-order valence-corrected chi connectivity index (χ2v) is 4.75. The summed E-state index contributed by atoms with van der Waals surface area (Å²) in [6.45, 7) is 0. The van der Waals surface area contributed by atoms with Crippen LogP contribution in [0.15, 0.2) is 24.3 Å². The summed E-state index contributed by atoms with van der Waals surface area (Å²) in [4.78, 5) is 0.407. The fraction of sp³-hybridized carbons (Fsp3) is 0. The summed E-state index contributed by atoms with van der Waals surface area (Å²) in [7, 11) is 0. The van der Waals surface area contributed by atoms with E-state index < -0.39 is 11.6 Å². The lowest BCUT2D eigenvalue weighted by Crippen LogP contribution is -1.90. The average molecular weight is 256 g/mol. The van der Waals surface area contributed by atoms with Gasteiger partial charge in [-0.25, -0.2) is 8.78 Å². The molecule has 80 valence electrons. The minimum absolute atomic E-state index is 0.0404. The Hall–Kier alpha value is -1.44. The summed E-state index contributed by atoms with van der Waals surface area (Å²) < 4.78 is 27.6. The van der Waals surface area contributed by atoms with Gasteiger partial charge < -0.3 is 0 Å². The maximum absolute atomic E-state index is 13.6. The van der Waals surface area contributed by atoms with Crippen molar-refractivity contribution in [3.05, 3.63) is 45.8 Å². The van der Waals surface area contributed by atoms with E-state index in [1.54, 1.807) is 18.2 Å². The van der Waals surface area contributed by atoms with E-state index in [2.05, 4.69) is 0 Å². The maximum atomic E-state index is 13.6. The van der Waals surface area contributed by atoms with Crippen LogP contribution in [0.2, 0.25) is 4.34 Å². The van der Waals surface area contributed by atoms with Crippen molar-refractivity contribution in [2.24, 2.45) is 0 Å². The van der Waals surface area contributed by atoms with E-state index in [1.165, 1.54) is 0 Å². The number of nitriles is 1. The minimum atomic E-state index is -0.755. The monoisotopic (exact) mass is 255 g/mol. The van der Waals surface area contributed by atoms with Crippen molar-refractivity contribution in [3.8, 4) is 16.5 Å². The van der Waals surface area contributed by atoms with Crippen molar-refractivity contribution in [2.75, 3.05) is 0 Å². The van der Waals surface area contributed by atoms with Crippen LogP contribution in [-0.2, 0) is 0 Å². The minimum Gasteiger partial charge on any atom is -0.206 e. The molecule has 2 rings (SSSR count). The molecule has 0 unspecified atom stereocenters. The van der Waals surface area contributed by atoms with Crippen LogP contribution >= 0.6 is 22.9 Å². The molecule has 2 aromatic rings. The number of halogens is 3. The van der Waals surface area contributed by atoms with E-state index in [0.717, 1.165) is 23.5 Å². The number of benzene rings is 1. The van der Waals surface area contributed by atoms with Crippen LogP contribution in [0.25, 0.3) is 10.4 Å². The standard InChI is InChI=1S/C11H4ClF2NS/c12-10-2-1-9(16-10)11-7(13)3-6(5-15)4-8(11)14/h1-4H. The van der Waals surface area contributed by atoms with Gasteiger partial charge in [-0.1, -0.05) is 11.6 Å². The molecule has 16 heavy (non-hydrogen) atoms. The average Bonchev–Trinajstić information content (AvgIpc) is 2.63. The third kappa shape index (κ3) is 1.92. The molecule has 0 spiro atoms. The van der Waals surface area contributed by atoms with Crippen molar-refractivity contribution >= 4 is 22.9 Å².